The SMILES string of the molecule is CCOC(=O)c1cc2sccc2n1CC(=O)Nc1cccc(F)c1. The van der Waals surface area contributed by atoms with Gasteiger partial charge in [0.25, 0.3) is 0 Å². The van der Waals surface area contributed by atoms with Crippen LogP contribution in [-0.2, 0) is 16.1 Å². The molecule has 0 aliphatic heterocycles. The summed E-state index contributed by atoms with van der Waals surface area (Å²) < 4.78 is 20.8. The van der Waals surface area contributed by atoms with Gasteiger partial charge in [-0.25, -0.2) is 9.18 Å². The second-order valence-corrected chi connectivity index (χ2v) is 6.01. The molecule has 2 aromatic heterocycles. The molecule has 3 rings (SSSR count). The number of benzene rings is 1. The molecule has 7 heteroatoms. The number of ether oxygens (including phenoxy) is 1. The fourth-order valence-electron chi connectivity index (χ4n) is 2.43. The van der Waals surface area contributed by atoms with Gasteiger partial charge in [-0.05, 0) is 42.6 Å². The topological polar surface area (TPSA) is 60.3 Å². The van der Waals surface area contributed by atoms with Crippen LogP contribution in [0.2, 0.25) is 0 Å². The molecule has 0 unspecified atom stereocenters. The summed E-state index contributed by atoms with van der Waals surface area (Å²) in [5.74, 6) is -1.25. The number of fused-ring (bicyclic) bond motifs is 1. The lowest BCUT2D eigenvalue weighted by molar-refractivity contribution is -0.116. The Morgan fingerprint density at radius 2 is 2.12 bits per heavy atom. The smallest absolute Gasteiger partial charge is 0.355 e. The number of nitrogens with zero attached hydrogens (tertiary/aromatic N) is 1. The second-order valence-electron chi connectivity index (χ2n) is 5.06. The van der Waals surface area contributed by atoms with Gasteiger partial charge in [-0.2, -0.15) is 0 Å². The van der Waals surface area contributed by atoms with Crippen LogP contribution in [0, 0.1) is 5.82 Å². The Morgan fingerprint density at radius 1 is 1.29 bits per heavy atom. The maximum absolute atomic E-state index is 13.2. The predicted molar refractivity (Wildman–Crippen MR) is 90.8 cm³/mol. The van der Waals surface area contributed by atoms with Crippen LogP contribution < -0.4 is 5.32 Å². The Bertz CT molecular complexity index is 900. The first-order valence-electron chi connectivity index (χ1n) is 7.37. The van der Waals surface area contributed by atoms with Gasteiger partial charge in [0.15, 0.2) is 0 Å². The van der Waals surface area contributed by atoms with Crippen LogP contribution in [0.15, 0.2) is 41.8 Å². The van der Waals surface area contributed by atoms with Crippen LogP contribution in [0.5, 0.6) is 0 Å². The normalized spacial score (nSPS) is 10.8. The molecule has 0 aliphatic rings. The number of amides is 1. The summed E-state index contributed by atoms with van der Waals surface area (Å²) in [5.41, 5.74) is 1.48. The highest BCUT2D eigenvalue weighted by Gasteiger charge is 2.19. The summed E-state index contributed by atoms with van der Waals surface area (Å²) in [7, 11) is 0. The Labute approximate surface area is 141 Å². The zero-order valence-electron chi connectivity index (χ0n) is 12.9. The Kier molecular flexibility index (Phi) is 4.61. The molecule has 0 fully saturated rings. The van der Waals surface area contributed by atoms with Gasteiger partial charge >= 0.3 is 5.97 Å². The summed E-state index contributed by atoms with van der Waals surface area (Å²) >= 11 is 1.48. The Balaban J connectivity index is 1.85. The van der Waals surface area contributed by atoms with Gasteiger partial charge in [-0.1, -0.05) is 6.07 Å². The van der Waals surface area contributed by atoms with Gasteiger partial charge in [0.05, 0.1) is 16.8 Å². The van der Waals surface area contributed by atoms with Crippen molar-refractivity contribution in [3.63, 3.8) is 0 Å². The highest BCUT2D eigenvalue weighted by Crippen LogP contribution is 2.26. The lowest BCUT2D eigenvalue weighted by atomic mass is 10.3. The van der Waals surface area contributed by atoms with E-state index in [1.807, 2.05) is 11.4 Å². The molecule has 0 saturated carbocycles. The number of halogens is 1. The number of carbonyl (C=O) groups is 2. The van der Waals surface area contributed by atoms with E-state index in [9.17, 15) is 14.0 Å². The molecule has 0 aliphatic carbocycles. The monoisotopic (exact) mass is 346 g/mol. The van der Waals surface area contributed by atoms with Gasteiger partial charge in [0.1, 0.15) is 18.1 Å². The molecule has 0 spiro atoms. The number of rotatable bonds is 5. The van der Waals surface area contributed by atoms with Gasteiger partial charge in [-0.3, -0.25) is 4.79 Å². The van der Waals surface area contributed by atoms with Crippen molar-refractivity contribution in [3.05, 3.63) is 53.3 Å². The standard InChI is InChI=1S/C17H15FN2O3S/c1-2-23-17(22)14-9-15-13(6-7-24-15)20(14)10-16(21)19-12-5-3-4-11(18)8-12/h3-9H,2,10H2,1H3,(H,19,21). The first-order chi connectivity index (χ1) is 11.6. The minimum atomic E-state index is -0.473. The Morgan fingerprint density at radius 3 is 2.88 bits per heavy atom. The molecule has 0 saturated heterocycles. The third-order valence-corrected chi connectivity index (χ3v) is 4.27. The third kappa shape index (κ3) is 3.30. The number of anilines is 1. The fourth-order valence-corrected chi connectivity index (χ4v) is 3.25. The molecule has 0 bridgehead atoms. The molecule has 0 radical (unpaired) electrons. The van der Waals surface area contributed by atoms with E-state index in [4.69, 9.17) is 4.74 Å². The molecular weight excluding hydrogens is 331 g/mol. The fraction of sp³-hybridized carbons (Fsp3) is 0.176. The van der Waals surface area contributed by atoms with Crippen LogP contribution in [-0.4, -0.2) is 23.1 Å². The Hall–Kier alpha value is -2.67. The molecule has 2 heterocycles. The number of esters is 1. The van der Waals surface area contributed by atoms with Crippen molar-refractivity contribution >= 4 is 39.1 Å². The molecule has 3 aromatic rings. The van der Waals surface area contributed by atoms with E-state index in [1.165, 1.54) is 29.5 Å². The van der Waals surface area contributed by atoms with Crippen LogP contribution in [0.4, 0.5) is 10.1 Å². The number of hydrogen-bond acceptors (Lipinski definition) is 4. The lowest BCUT2D eigenvalue weighted by Crippen LogP contribution is -2.22. The van der Waals surface area contributed by atoms with Gasteiger partial charge in [-0.15, -0.1) is 11.3 Å². The molecule has 1 aromatic carbocycles. The minimum Gasteiger partial charge on any atom is -0.461 e. The minimum absolute atomic E-state index is 0.0646. The number of nitrogens with one attached hydrogen (secondary N) is 1. The molecule has 1 N–H and O–H groups in total. The highest BCUT2D eigenvalue weighted by atomic mass is 32.1. The molecule has 5 nitrogen and oxygen atoms in total. The molecular formula is C17H15FN2O3S. The average Bonchev–Trinajstić information content (AvgIpc) is 3.10. The van der Waals surface area contributed by atoms with Crippen molar-refractivity contribution in [2.24, 2.45) is 0 Å². The second kappa shape index (κ2) is 6.84. The largest absolute Gasteiger partial charge is 0.461 e. The molecule has 124 valence electrons. The van der Waals surface area contributed by atoms with Crippen molar-refractivity contribution < 1.29 is 18.7 Å². The zero-order valence-corrected chi connectivity index (χ0v) is 13.7. The first kappa shape index (κ1) is 16.2. The third-order valence-electron chi connectivity index (χ3n) is 3.42. The zero-order chi connectivity index (χ0) is 17.1. The molecule has 24 heavy (non-hydrogen) atoms. The maximum atomic E-state index is 13.2. The first-order valence-corrected chi connectivity index (χ1v) is 8.25. The van der Waals surface area contributed by atoms with Crippen molar-refractivity contribution in [2.45, 2.75) is 13.5 Å². The van der Waals surface area contributed by atoms with E-state index >= 15 is 0 Å². The van der Waals surface area contributed by atoms with Crippen LogP contribution in [0.3, 0.4) is 0 Å². The van der Waals surface area contributed by atoms with E-state index < -0.39 is 11.8 Å². The van der Waals surface area contributed by atoms with E-state index in [1.54, 1.807) is 23.6 Å². The van der Waals surface area contributed by atoms with Crippen LogP contribution in [0.1, 0.15) is 17.4 Å². The highest BCUT2D eigenvalue weighted by molar-refractivity contribution is 7.17. The number of aromatic nitrogens is 1. The molecule has 0 atom stereocenters. The van der Waals surface area contributed by atoms with Crippen LogP contribution in [0.25, 0.3) is 10.2 Å². The average molecular weight is 346 g/mol. The lowest BCUT2D eigenvalue weighted by Gasteiger charge is -2.10. The summed E-state index contributed by atoms with van der Waals surface area (Å²) in [6.07, 6.45) is 0. The maximum Gasteiger partial charge on any atom is 0.355 e. The van der Waals surface area contributed by atoms with Crippen molar-refractivity contribution in [3.8, 4) is 0 Å². The summed E-state index contributed by atoms with van der Waals surface area (Å²) in [6.45, 7) is 1.92. The van der Waals surface area contributed by atoms with Crippen molar-refractivity contribution in [1.82, 2.24) is 4.57 Å². The quantitative estimate of drug-likeness (QED) is 0.717. The van der Waals surface area contributed by atoms with E-state index in [0.717, 1.165) is 10.2 Å². The van der Waals surface area contributed by atoms with E-state index in [0.29, 0.717) is 11.4 Å². The molecule has 1 amide bonds. The van der Waals surface area contributed by atoms with Crippen molar-refractivity contribution in [1.29, 1.82) is 0 Å². The number of hydrogen-bond donors (Lipinski definition) is 1. The number of carbonyl (C=O) groups excluding carboxylic acids is 2. The summed E-state index contributed by atoms with van der Waals surface area (Å²) in [5, 5.41) is 4.52. The summed E-state index contributed by atoms with van der Waals surface area (Å²) in [6, 6.07) is 9.21. The van der Waals surface area contributed by atoms with Crippen LogP contribution >= 0.6 is 11.3 Å². The van der Waals surface area contributed by atoms with Gasteiger partial charge in [0, 0.05) is 5.69 Å². The van der Waals surface area contributed by atoms with Gasteiger partial charge in [0.2, 0.25) is 5.91 Å². The van der Waals surface area contributed by atoms with E-state index in [-0.39, 0.29) is 19.1 Å². The van der Waals surface area contributed by atoms with Crippen molar-refractivity contribution in [2.75, 3.05) is 11.9 Å². The predicted octanol–water partition coefficient (Wildman–Crippen LogP) is 3.66. The number of thiophene rings is 1. The summed E-state index contributed by atoms with van der Waals surface area (Å²) in [4.78, 5) is 24.4. The van der Waals surface area contributed by atoms with E-state index in [2.05, 4.69) is 5.32 Å². The van der Waals surface area contributed by atoms with Gasteiger partial charge < -0.3 is 14.6 Å².